The van der Waals surface area contributed by atoms with Gasteiger partial charge in [-0.15, -0.1) is 0 Å². The number of benzene rings is 14. The van der Waals surface area contributed by atoms with Crippen molar-refractivity contribution in [3.8, 4) is 23.0 Å². The van der Waals surface area contributed by atoms with E-state index >= 15 is 0 Å². The van der Waals surface area contributed by atoms with Gasteiger partial charge in [-0.2, -0.15) is 10.2 Å². The number of methoxy groups -OCH3 is 7. The Kier molecular flexibility index (Phi) is 29.8. The summed E-state index contributed by atoms with van der Waals surface area (Å²) in [6.07, 6.45) is -0.194. The van der Waals surface area contributed by atoms with Gasteiger partial charge in [-0.25, -0.2) is 23.7 Å². The van der Waals surface area contributed by atoms with Gasteiger partial charge in [0.1, 0.15) is 39.9 Å². The van der Waals surface area contributed by atoms with Crippen molar-refractivity contribution in [2.24, 2.45) is 4.99 Å². The molecule has 4 aliphatic rings. The van der Waals surface area contributed by atoms with Gasteiger partial charge in [-0.05, 0) is 164 Å². The fourth-order valence-electron chi connectivity index (χ4n) is 19.7. The molecule has 2 N–H and O–H groups in total. The lowest BCUT2D eigenvalue weighted by atomic mass is 9.77. The van der Waals surface area contributed by atoms with Gasteiger partial charge in [-0.3, -0.25) is 29.6 Å². The van der Waals surface area contributed by atoms with Crippen molar-refractivity contribution in [1.29, 1.82) is 0 Å². The summed E-state index contributed by atoms with van der Waals surface area (Å²) in [7, 11) is 10.4. The molecule has 0 saturated heterocycles. The molecule has 0 saturated carbocycles. The lowest BCUT2D eigenvalue weighted by Crippen LogP contribution is -2.39. The molecule has 25 heteroatoms. The molecular weight excluding hydrogens is 1800 g/mol. The van der Waals surface area contributed by atoms with Crippen LogP contribution in [0.15, 0.2) is 351 Å². The monoisotopic (exact) mass is 1910 g/mol. The summed E-state index contributed by atoms with van der Waals surface area (Å²) in [5.74, 6) is 4.62. The highest BCUT2D eigenvalue weighted by atomic mass is 35.5. The van der Waals surface area contributed by atoms with Crippen LogP contribution in [0.5, 0.6) is 23.0 Å². The van der Waals surface area contributed by atoms with Crippen molar-refractivity contribution in [3.63, 3.8) is 0 Å². The minimum Gasteiger partial charge on any atom is -0.497 e. The largest absolute Gasteiger partial charge is 0.497 e. The predicted molar refractivity (Wildman–Crippen MR) is 551 cm³/mol. The maximum Gasteiger partial charge on any atom is 0.415 e. The molecule has 6 heterocycles. The van der Waals surface area contributed by atoms with Crippen LogP contribution in [0, 0.1) is 0 Å². The van der Waals surface area contributed by atoms with Gasteiger partial charge in [0.2, 0.25) is 17.7 Å². The number of anilines is 2. The molecule has 20 rings (SSSR count). The summed E-state index contributed by atoms with van der Waals surface area (Å²) < 4.78 is 40.7. The van der Waals surface area contributed by atoms with Crippen molar-refractivity contribution >= 4 is 86.2 Å². The van der Waals surface area contributed by atoms with Crippen LogP contribution in [0.1, 0.15) is 145 Å². The van der Waals surface area contributed by atoms with E-state index in [1.165, 1.54) is 21.3 Å². The smallest absolute Gasteiger partial charge is 0.415 e. The quantitative estimate of drug-likeness (QED) is 0.0324. The van der Waals surface area contributed by atoms with Crippen LogP contribution in [0.4, 0.5) is 26.0 Å². The number of rotatable bonds is 24. The third-order valence-corrected chi connectivity index (χ3v) is 27.2. The zero-order valence-electron chi connectivity index (χ0n) is 80.7. The number of hydrogen-bond acceptors (Lipinski definition) is 17. The van der Waals surface area contributed by atoms with Gasteiger partial charge in [0.15, 0.2) is 11.6 Å². The minimum absolute atomic E-state index is 0.00133. The second kappa shape index (κ2) is 43.6. The molecular formula is C117H110ClN11O13. The number of alkyl carbamates (subject to hydrolysis) is 1. The number of nitrogens with one attached hydrogen (secondary N) is 2. The van der Waals surface area contributed by atoms with E-state index in [1.807, 2.05) is 201 Å². The minimum atomic E-state index is -1.01. The zero-order valence-corrected chi connectivity index (χ0v) is 81.5. The number of aliphatic imine (C=N–C) groups is 1. The molecule has 0 unspecified atom stereocenters. The molecule has 0 radical (unpaired) electrons. The van der Waals surface area contributed by atoms with Crippen molar-refractivity contribution in [1.82, 2.24) is 39.6 Å². The van der Waals surface area contributed by atoms with E-state index in [2.05, 4.69) is 220 Å². The van der Waals surface area contributed by atoms with Crippen LogP contribution >= 0.6 is 11.6 Å². The van der Waals surface area contributed by atoms with Crippen LogP contribution in [0.25, 0.3) is 21.8 Å². The van der Waals surface area contributed by atoms with Gasteiger partial charge < -0.3 is 53.2 Å². The SMILES string of the molecule is COC(=O)Cl.COC(=O)N(Cc1ccc(OC)cc1OC)c1nn(C(c2ccccc2)(c2ccccc2)c2ccccc2)c2cc3c(cc12)CN([C@H](C)c1ccccc1)C(=O)C3.COC(=O)NC1=NCc2cc3c(cc21)CN([C@H](C)c1ccccc1)C(=O)C3.COc1ccc(CNc2nn(C(c3ccccc3)(c3ccccc3)c3ccccc3)c3cc4c(cc23)CN([C@H](C)c2ccccc2)C(=O)C4)c(OC)c1. The Morgan fingerprint density at radius 3 is 1.11 bits per heavy atom. The number of amidine groups is 1. The Labute approximate surface area is 830 Å². The van der Waals surface area contributed by atoms with E-state index in [0.29, 0.717) is 68.7 Å². The molecule has 24 nitrogen and oxygen atoms in total. The van der Waals surface area contributed by atoms with Gasteiger partial charge >= 0.3 is 17.6 Å². The van der Waals surface area contributed by atoms with Crippen molar-refractivity contribution in [2.45, 2.75) is 109 Å². The van der Waals surface area contributed by atoms with E-state index in [9.17, 15) is 28.8 Å². The highest BCUT2D eigenvalue weighted by Gasteiger charge is 2.45. The molecule has 5 amide bonds. The van der Waals surface area contributed by atoms with Crippen LogP contribution in [-0.2, 0) is 98.2 Å². The molecule has 3 atom stereocenters. The van der Waals surface area contributed by atoms with Crippen molar-refractivity contribution in [3.05, 3.63) is 451 Å². The van der Waals surface area contributed by atoms with Gasteiger partial charge in [0.05, 0.1) is 111 Å². The van der Waals surface area contributed by atoms with E-state index < -0.39 is 28.7 Å². The normalized spacial score (nSPS) is 13.6. The molecule has 14 aromatic carbocycles. The molecule has 718 valence electrons. The van der Waals surface area contributed by atoms with E-state index in [4.69, 9.17) is 33.9 Å². The van der Waals surface area contributed by atoms with Crippen LogP contribution in [0.2, 0.25) is 0 Å². The molecule has 0 spiro atoms. The number of fused-ring (bicyclic) bond motifs is 6. The number of ether oxygens (including phenoxy) is 7. The number of carbonyl (C=O) groups excluding carboxylic acids is 6. The van der Waals surface area contributed by atoms with Crippen LogP contribution in [-0.4, -0.2) is 125 Å². The molecule has 2 aromatic heterocycles. The molecule has 16 aromatic rings. The zero-order chi connectivity index (χ0) is 99.1. The first-order valence-electron chi connectivity index (χ1n) is 47.0. The molecule has 0 aliphatic carbocycles. The van der Waals surface area contributed by atoms with Gasteiger partial charge in [0, 0.05) is 77.4 Å². The highest BCUT2D eigenvalue weighted by molar-refractivity contribution is 6.61. The highest BCUT2D eigenvalue weighted by Crippen LogP contribution is 2.49. The van der Waals surface area contributed by atoms with Gasteiger partial charge in [-0.1, -0.05) is 279 Å². The fourth-order valence-corrected chi connectivity index (χ4v) is 19.7. The first kappa shape index (κ1) is 97.1. The number of nitrogens with zero attached hydrogens (tertiary/aromatic N) is 9. The Balaban J connectivity index is 0.000000151. The summed E-state index contributed by atoms with van der Waals surface area (Å²) >= 11 is 4.60. The second-order valence-corrected chi connectivity index (χ2v) is 35.3. The van der Waals surface area contributed by atoms with Crippen LogP contribution in [0.3, 0.4) is 0 Å². The molecule has 0 bridgehead atoms. The lowest BCUT2D eigenvalue weighted by molar-refractivity contribution is -0.135. The Hall–Kier alpha value is -16.6. The third-order valence-electron chi connectivity index (χ3n) is 27.1. The van der Waals surface area contributed by atoms with E-state index in [1.54, 1.807) is 39.4 Å². The molecule has 0 fully saturated rings. The number of amides is 5. The maximum atomic E-state index is 14.1. The first-order valence-corrected chi connectivity index (χ1v) is 47.3. The number of carbonyl (C=O) groups is 6. The lowest BCUT2D eigenvalue weighted by Gasteiger charge is -2.37. The molecule has 4 aliphatic heterocycles. The Morgan fingerprint density at radius 1 is 0.387 bits per heavy atom. The summed E-state index contributed by atoms with van der Waals surface area (Å²) in [5.41, 5.74) is 18.3. The Morgan fingerprint density at radius 2 is 0.739 bits per heavy atom. The average molecular weight is 1910 g/mol. The third kappa shape index (κ3) is 19.8. The summed E-state index contributed by atoms with van der Waals surface area (Å²) in [6, 6.07) is 117. The Bertz CT molecular complexity index is 7060. The number of hydrogen-bond donors (Lipinski definition) is 2. The number of aromatic nitrogens is 4. The van der Waals surface area contributed by atoms with E-state index in [0.717, 1.165) is 145 Å². The summed E-state index contributed by atoms with van der Waals surface area (Å²) in [4.78, 5) is 87.4. The van der Waals surface area contributed by atoms with Crippen LogP contribution < -0.4 is 34.5 Å². The first-order chi connectivity index (χ1) is 69.2. The topological polar surface area (TPSA) is 252 Å². The standard InChI is InChI=1S/C48H44N4O5.C46H42N4O3.C21H21N3O3.C2H3ClO2/c1-33(34-17-9-5-10-18-34)50-32-37-27-42-43(28-36(37)29-45(50)53)52(49-46(42)51(47(54)57-4)31-35-25-26-41(55-2)30-44(35)56-3)48(38-19-11-6-12-20-38,39-21-13-7-14-22-39)40-23-15-8-16-24-40;1-32(33-16-8-4-9-17-33)49-31-36-26-41-42(27-35(36)28-44(49)51)50(48-45(41)47-30-34-24-25-40(52-2)29-43(34)53-3)46(37-18-10-5-11-19-37,38-20-12-6-13-21-38)39-22-14-7-15-23-39;1-13(14-6-4-3-5-7-14)24-12-17-9-18-16(8-15(17)10-19(24)25)11-22-20(18)23-21(26)27-2;1-5-2(3)4/h5-28,30,33H,29,31-32H2,1-4H3;4-27,29,32H,28,30-31H2,1-3H3,(H,47,48);3-9,13H,10-12H2,1-2H3,(H,22,23,26);1H3/t33-;32-;13-;/m111./s1. The average Bonchev–Trinajstić information content (AvgIpc) is 1.18. The summed E-state index contributed by atoms with van der Waals surface area (Å²) in [6.45, 7) is 8.75. The fraction of sp³-hybridized carbons (Fsp3) is 0.205. The number of halogens is 1. The van der Waals surface area contributed by atoms with Crippen molar-refractivity contribution in [2.75, 3.05) is 60.0 Å². The van der Waals surface area contributed by atoms with Gasteiger partial charge in [0.25, 0.3) is 0 Å². The van der Waals surface area contributed by atoms with Crippen molar-refractivity contribution < 1.29 is 61.9 Å². The molecule has 142 heavy (non-hydrogen) atoms. The second-order valence-electron chi connectivity index (χ2n) is 35.0. The predicted octanol–water partition coefficient (Wildman–Crippen LogP) is 22.4. The summed E-state index contributed by atoms with van der Waals surface area (Å²) in [5, 5.41) is 19.1. The van der Waals surface area contributed by atoms with E-state index in [-0.39, 0.29) is 48.8 Å². The maximum absolute atomic E-state index is 14.1.